The largest absolute Gasteiger partial charge is 0.312 e. The molecule has 4 nitrogen and oxygen atoms in total. The molecule has 92 valence electrons. The number of aromatic nitrogens is 2. The summed E-state index contributed by atoms with van der Waals surface area (Å²) >= 11 is 0. The lowest BCUT2D eigenvalue weighted by molar-refractivity contribution is 0.621. The monoisotopic (exact) mass is 241 g/mol. The zero-order valence-electron chi connectivity index (χ0n) is 10.3. The number of benzene rings is 1. The number of nitrogens with zero attached hydrogens (tertiary/aromatic N) is 1. The van der Waals surface area contributed by atoms with E-state index in [0.717, 1.165) is 29.8 Å². The second kappa shape index (κ2) is 4.38. The third kappa shape index (κ3) is 1.95. The first-order valence-electron chi connectivity index (χ1n) is 6.14. The summed E-state index contributed by atoms with van der Waals surface area (Å²) in [5, 5.41) is 3.19. The Bertz CT molecular complexity index is 628. The van der Waals surface area contributed by atoms with E-state index >= 15 is 0 Å². The number of fused-ring (bicyclic) bond motifs is 1. The van der Waals surface area contributed by atoms with Crippen molar-refractivity contribution in [2.45, 2.75) is 19.9 Å². The Labute approximate surface area is 105 Å². The van der Waals surface area contributed by atoms with Gasteiger partial charge in [-0.2, -0.15) is 0 Å². The van der Waals surface area contributed by atoms with Crippen molar-refractivity contribution in [2.24, 2.45) is 0 Å². The fourth-order valence-electron chi connectivity index (χ4n) is 2.20. The molecular formula is C14H15N3O. The molecule has 0 unspecified atom stereocenters. The molecular weight excluding hydrogens is 226 g/mol. The molecule has 2 heterocycles. The maximum absolute atomic E-state index is 12.0. The van der Waals surface area contributed by atoms with E-state index in [4.69, 9.17) is 0 Å². The van der Waals surface area contributed by atoms with Gasteiger partial charge in [-0.05, 0) is 6.92 Å². The highest BCUT2D eigenvalue weighted by Crippen LogP contribution is 2.16. The van der Waals surface area contributed by atoms with Crippen molar-refractivity contribution in [1.82, 2.24) is 15.3 Å². The first kappa shape index (κ1) is 11.2. The van der Waals surface area contributed by atoms with E-state index in [0.29, 0.717) is 12.4 Å². The zero-order valence-corrected chi connectivity index (χ0v) is 10.3. The average molecular weight is 241 g/mol. The molecule has 1 aromatic carbocycles. The molecule has 0 fully saturated rings. The summed E-state index contributed by atoms with van der Waals surface area (Å²) in [5.74, 6) is 0.667. The van der Waals surface area contributed by atoms with Gasteiger partial charge in [0.25, 0.3) is 5.56 Å². The molecule has 1 aromatic heterocycles. The van der Waals surface area contributed by atoms with Crippen LogP contribution in [0.5, 0.6) is 0 Å². The van der Waals surface area contributed by atoms with Crippen LogP contribution in [0.4, 0.5) is 0 Å². The Balaban J connectivity index is 2.11. The maximum atomic E-state index is 12.0. The number of nitrogens with one attached hydrogen (secondary N) is 2. The minimum atomic E-state index is -0.0252. The van der Waals surface area contributed by atoms with Crippen LogP contribution in [-0.4, -0.2) is 16.5 Å². The molecule has 2 N–H and O–H groups in total. The predicted octanol–water partition coefficient (Wildman–Crippen LogP) is 1.39. The van der Waals surface area contributed by atoms with E-state index in [2.05, 4.69) is 15.3 Å². The number of hydrogen-bond acceptors (Lipinski definition) is 3. The second-order valence-electron chi connectivity index (χ2n) is 4.63. The third-order valence-corrected chi connectivity index (χ3v) is 3.27. The standard InChI is InChI=1S/C14H15N3O/c1-9-2-4-10(5-3-9)13-16-12-6-7-15-8-11(12)14(18)17-13/h2-5,15H,6-8H2,1H3,(H,16,17,18). The molecule has 0 amide bonds. The number of rotatable bonds is 1. The smallest absolute Gasteiger partial charge is 0.255 e. The molecule has 0 spiro atoms. The van der Waals surface area contributed by atoms with E-state index in [-0.39, 0.29) is 5.56 Å². The van der Waals surface area contributed by atoms with Gasteiger partial charge in [0.1, 0.15) is 5.82 Å². The van der Waals surface area contributed by atoms with Crippen molar-refractivity contribution in [1.29, 1.82) is 0 Å². The molecule has 0 atom stereocenters. The number of H-pyrrole nitrogens is 1. The Hall–Kier alpha value is -1.94. The van der Waals surface area contributed by atoms with Crippen LogP contribution in [0, 0.1) is 6.92 Å². The highest BCUT2D eigenvalue weighted by Gasteiger charge is 2.15. The molecule has 18 heavy (non-hydrogen) atoms. The number of hydrogen-bond donors (Lipinski definition) is 2. The van der Waals surface area contributed by atoms with Gasteiger partial charge in [-0.15, -0.1) is 0 Å². The summed E-state index contributed by atoms with van der Waals surface area (Å²) < 4.78 is 0. The fourth-order valence-corrected chi connectivity index (χ4v) is 2.20. The SMILES string of the molecule is Cc1ccc(-c2nc3c(c(=O)[nH]2)CNCC3)cc1. The third-order valence-electron chi connectivity index (χ3n) is 3.27. The van der Waals surface area contributed by atoms with Crippen molar-refractivity contribution in [3.05, 3.63) is 51.4 Å². The topological polar surface area (TPSA) is 57.8 Å². The first-order chi connectivity index (χ1) is 8.74. The highest BCUT2D eigenvalue weighted by molar-refractivity contribution is 5.55. The van der Waals surface area contributed by atoms with Crippen LogP contribution in [0.15, 0.2) is 29.1 Å². The van der Waals surface area contributed by atoms with Crippen molar-refractivity contribution >= 4 is 0 Å². The lowest BCUT2D eigenvalue weighted by Gasteiger charge is -2.15. The lowest BCUT2D eigenvalue weighted by atomic mass is 10.1. The van der Waals surface area contributed by atoms with Crippen LogP contribution in [-0.2, 0) is 13.0 Å². The molecule has 1 aliphatic heterocycles. The minimum absolute atomic E-state index is 0.0252. The predicted molar refractivity (Wildman–Crippen MR) is 70.4 cm³/mol. The molecule has 0 saturated heterocycles. The Morgan fingerprint density at radius 3 is 2.78 bits per heavy atom. The van der Waals surface area contributed by atoms with E-state index in [1.54, 1.807) is 0 Å². The van der Waals surface area contributed by atoms with Gasteiger partial charge >= 0.3 is 0 Å². The lowest BCUT2D eigenvalue weighted by Crippen LogP contribution is -2.31. The molecule has 0 radical (unpaired) electrons. The van der Waals surface area contributed by atoms with Crippen LogP contribution in [0.2, 0.25) is 0 Å². The second-order valence-corrected chi connectivity index (χ2v) is 4.63. The van der Waals surface area contributed by atoms with Crippen molar-refractivity contribution in [3.8, 4) is 11.4 Å². The van der Waals surface area contributed by atoms with Gasteiger partial charge < -0.3 is 10.3 Å². The van der Waals surface area contributed by atoms with Crippen LogP contribution in [0.1, 0.15) is 16.8 Å². The van der Waals surface area contributed by atoms with Gasteiger partial charge in [0, 0.05) is 25.1 Å². The van der Waals surface area contributed by atoms with Gasteiger partial charge in [0.05, 0.1) is 11.3 Å². The van der Waals surface area contributed by atoms with E-state index < -0.39 is 0 Å². The van der Waals surface area contributed by atoms with E-state index in [9.17, 15) is 4.79 Å². The zero-order chi connectivity index (χ0) is 12.5. The van der Waals surface area contributed by atoms with Crippen molar-refractivity contribution in [2.75, 3.05) is 6.54 Å². The van der Waals surface area contributed by atoms with Gasteiger partial charge in [0.15, 0.2) is 0 Å². The van der Waals surface area contributed by atoms with Gasteiger partial charge in [-0.25, -0.2) is 4.98 Å². The normalized spacial score (nSPS) is 14.3. The first-order valence-corrected chi connectivity index (χ1v) is 6.14. The van der Waals surface area contributed by atoms with Gasteiger partial charge in [-0.3, -0.25) is 4.79 Å². The molecule has 1 aliphatic rings. The maximum Gasteiger partial charge on any atom is 0.255 e. The Morgan fingerprint density at radius 2 is 2.00 bits per heavy atom. The number of aryl methyl sites for hydroxylation is 1. The van der Waals surface area contributed by atoms with Crippen LogP contribution in [0.3, 0.4) is 0 Å². The summed E-state index contributed by atoms with van der Waals surface area (Å²) in [6.07, 6.45) is 0.818. The summed E-state index contributed by atoms with van der Waals surface area (Å²) in [6.45, 7) is 3.54. The van der Waals surface area contributed by atoms with E-state index in [1.165, 1.54) is 5.56 Å². The summed E-state index contributed by atoms with van der Waals surface area (Å²) in [5.41, 5.74) is 3.83. The molecule has 0 bridgehead atoms. The van der Waals surface area contributed by atoms with Crippen LogP contribution < -0.4 is 10.9 Å². The fraction of sp³-hybridized carbons (Fsp3) is 0.286. The minimum Gasteiger partial charge on any atom is -0.312 e. The summed E-state index contributed by atoms with van der Waals surface area (Å²) in [4.78, 5) is 19.4. The molecule has 0 saturated carbocycles. The number of aromatic amines is 1. The quantitative estimate of drug-likeness (QED) is 0.793. The van der Waals surface area contributed by atoms with Crippen LogP contribution >= 0.6 is 0 Å². The summed E-state index contributed by atoms with van der Waals surface area (Å²) in [7, 11) is 0. The molecule has 2 aromatic rings. The van der Waals surface area contributed by atoms with Crippen LogP contribution in [0.25, 0.3) is 11.4 Å². The van der Waals surface area contributed by atoms with Gasteiger partial charge in [-0.1, -0.05) is 29.8 Å². The van der Waals surface area contributed by atoms with Crippen molar-refractivity contribution in [3.63, 3.8) is 0 Å². The Morgan fingerprint density at radius 1 is 1.22 bits per heavy atom. The van der Waals surface area contributed by atoms with Crippen molar-refractivity contribution < 1.29 is 0 Å². The highest BCUT2D eigenvalue weighted by atomic mass is 16.1. The summed E-state index contributed by atoms with van der Waals surface area (Å²) in [6, 6.07) is 8.02. The van der Waals surface area contributed by atoms with E-state index in [1.807, 2.05) is 31.2 Å². The Kier molecular flexibility index (Phi) is 2.72. The molecule has 0 aliphatic carbocycles. The molecule has 3 rings (SSSR count). The van der Waals surface area contributed by atoms with Gasteiger partial charge in [0.2, 0.25) is 0 Å². The molecule has 4 heteroatoms. The average Bonchev–Trinajstić information content (AvgIpc) is 2.39.